The Kier molecular flexibility index (Phi) is 5.11. The van der Waals surface area contributed by atoms with Gasteiger partial charge in [0.2, 0.25) is 5.91 Å². The Morgan fingerprint density at radius 3 is 2.67 bits per heavy atom. The molecule has 18 heavy (non-hydrogen) atoms. The fourth-order valence-electron chi connectivity index (χ4n) is 1.30. The summed E-state index contributed by atoms with van der Waals surface area (Å²) in [5.74, 6) is 0.215. The summed E-state index contributed by atoms with van der Waals surface area (Å²) in [7, 11) is 3.22. The van der Waals surface area contributed by atoms with Gasteiger partial charge < -0.3 is 9.64 Å². The first-order chi connectivity index (χ1) is 8.58. The highest BCUT2D eigenvalue weighted by Crippen LogP contribution is 2.13. The molecule has 0 aromatic heterocycles. The van der Waals surface area contributed by atoms with Gasteiger partial charge in [0, 0.05) is 25.2 Å². The number of carbonyl (C=O) groups is 2. The van der Waals surface area contributed by atoms with Crippen LogP contribution in [0.5, 0.6) is 5.75 Å². The summed E-state index contributed by atoms with van der Waals surface area (Å²) >= 11 is 0. The van der Waals surface area contributed by atoms with Crippen LogP contribution in [0.2, 0.25) is 0 Å². The molecule has 0 unspecified atom stereocenters. The second-order valence-electron chi connectivity index (χ2n) is 3.78. The van der Waals surface area contributed by atoms with Crippen molar-refractivity contribution in [2.45, 2.75) is 6.92 Å². The Morgan fingerprint density at radius 1 is 1.33 bits per heavy atom. The van der Waals surface area contributed by atoms with Gasteiger partial charge in [0.1, 0.15) is 5.75 Å². The van der Waals surface area contributed by atoms with Crippen LogP contribution in [-0.2, 0) is 4.79 Å². The number of amides is 1. The van der Waals surface area contributed by atoms with E-state index in [1.54, 1.807) is 38.4 Å². The second kappa shape index (κ2) is 6.59. The lowest BCUT2D eigenvalue weighted by Gasteiger charge is -2.10. The van der Waals surface area contributed by atoms with Gasteiger partial charge in [-0.25, -0.2) is 0 Å². The maximum atomic E-state index is 11.8. The minimum absolute atomic E-state index is 0.186. The Morgan fingerprint density at radius 2 is 2.06 bits per heavy atom. The number of benzene rings is 1. The molecule has 0 N–H and O–H groups in total. The van der Waals surface area contributed by atoms with Gasteiger partial charge in [-0.3, -0.25) is 9.59 Å². The van der Waals surface area contributed by atoms with Gasteiger partial charge in [0.25, 0.3) is 0 Å². The molecule has 4 heteroatoms. The summed E-state index contributed by atoms with van der Waals surface area (Å²) < 4.78 is 5.03. The molecule has 0 bridgehead atoms. The van der Waals surface area contributed by atoms with Crippen molar-refractivity contribution >= 4 is 11.7 Å². The van der Waals surface area contributed by atoms with Gasteiger partial charge in [-0.05, 0) is 25.1 Å². The molecule has 1 rings (SSSR count). The second-order valence-corrected chi connectivity index (χ2v) is 3.78. The number of hydrogen-bond acceptors (Lipinski definition) is 3. The highest BCUT2D eigenvalue weighted by atomic mass is 16.5. The Bertz CT molecular complexity index is 466. The number of ether oxygens (including phenoxy) is 1. The quantitative estimate of drug-likeness (QED) is 0.590. The molecule has 1 amide bonds. The van der Waals surface area contributed by atoms with Crippen LogP contribution in [0.1, 0.15) is 17.3 Å². The monoisotopic (exact) mass is 247 g/mol. The zero-order valence-corrected chi connectivity index (χ0v) is 10.8. The molecule has 0 radical (unpaired) electrons. The van der Waals surface area contributed by atoms with Gasteiger partial charge in [0.05, 0.1) is 7.11 Å². The summed E-state index contributed by atoms with van der Waals surface area (Å²) in [5, 5.41) is 0. The molecule has 4 nitrogen and oxygen atoms in total. The fourth-order valence-corrected chi connectivity index (χ4v) is 1.30. The first-order valence-electron chi connectivity index (χ1n) is 5.70. The van der Waals surface area contributed by atoms with Gasteiger partial charge in [-0.1, -0.05) is 12.1 Å². The minimum Gasteiger partial charge on any atom is -0.497 e. The summed E-state index contributed by atoms with van der Waals surface area (Å²) in [6, 6.07) is 6.82. The van der Waals surface area contributed by atoms with Crippen molar-refractivity contribution in [2.24, 2.45) is 0 Å². The van der Waals surface area contributed by atoms with E-state index in [1.165, 1.54) is 17.1 Å². The fraction of sp³-hybridized carbons (Fsp3) is 0.286. The average molecular weight is 247 g/mol. The van der Waals surface area contributed by atoms with Crippen molar-refractivity contribution in [1.29, 1.82) is 0 Å². The number of ketones is 1. The molecular weight excluding hydrogens is 230 g/mol. The molecule has 0 spiro atoms. The van der Waals surface area contributed by atoms with Crippen molar-refractivity contribution in [3.8, 4) is 5.75 Å². The molecule has 96 valence electrons. The predicted molar refractivity (Wildman–Crippen MR) is 69.8 cm³/mol. The van der Waals surface area contributed by atoms with Gasteiger partial charge in [-0.15, -0.1) is 0 Å². The van der Waals surface area contributed by atoms with E-state index in [0.29, 0.717) is 17.9 Å². The molecule has 0 aliphatic rings. The summed E-state index contributed by atoms with van der Waals surface area (Å²) in [6.07, 6.45) is 2.56. The molecule has 0 aliphatic carbocycles. The van der Waals surface area contributed by atoms with Crippen molar-refractivity contribution in [1.82, 2.24) is 4.90 Å². The van der Waals surface area contributed by atoms with Crippen molar-refractivity contribution in [3.05, 3.63) is 42.0 Å². The summed E-state index contributed by atoms with van der Waals surface area (Å²) in [5.41, 5.74) is 0.498. The predicted octanol–water partition coefficient (Wildman–Crippen LogP) is 1.91. The maximum absolute atomic E-state index is 11.8. The van der Waals surface area contributed by atoms with Crippen LogP contribution in [0.4, 0.5) is 0 Å². The highest BCUT2D eigenvalue weighted by molar-refractivity contribution is 6.07. The molecule has 0 atom stereocenters. The van der Waals surface area contributed by atoms with Crippen LogP contribution < -0.4 is 4.74 Å². The van der Waals surface area contributed by atoms with E-state index in [-0.39, 0.29) is 11.7 Å². The van der Waals surface area contributed by atoms with Crippen LogP contribution in [0, 0.1) is 0 Å². The number of likely N-dealkylation sites (N-methyl/N-ethyl adjacent to an activating group) is 1. The van der Waals surface area contributed by atoms with Crippen LogP contribution in [-0.4, -0.2) is 37.3 Å². The number of carbonyl (C=O) groups excluding carboxylic acids is 2. The number of allylic oxidation sites excluding steroid dienone is 1. The Hall–Kier alpha value is -2.10. The summed E-state index contributed by atoms with van der Waals surface area (Å²) in [4.78, 5) is 24.8. The molecule has 0 aliphatic heterocycles. The van der Waals surface area contributed by atoms with E-state index < -0.39 is 0 Å². The zero-order chi connectivity index (χ0) is 13.5. The van der Waals surface area contributed by atoms with Crippen LogP contribution in [0.25, 0.3) is 0 Å². The van der Waals surface area contributed by atoms with Crippen LogP contribution in [0.3, 0.4) is 0 Å². The number of nitrogens with zero attached hydrogens (tertiary/aromatic N) is 1. The van der Waals surface area contributed by atoms with E-state index in [4.69, 9.17) is 4.74 Å². The smallest absolute Gasteiger partial charge is 0.246 e. The van der Waals surface area contributed by atoms with E-state index in [9.17, 15) is 9.59 Å². The summed E-state index contributed by atoms with van der Waals surface area (Å²) in [6.45, 7) is 2.48. The largest absolute Gasteiger partial charge is 0.497 e. The van der Waals surface area contributed by atoms with Crippen molar-refractivity contribution in [3.63, 3.8) is 0 Å². The number of methoxy groups -OCH3 is 1. The molecule has 1 aromatic rings. The van der Waals surface area contributed by atoms with Crippen molar-refractivity contribution < 1.29 is 14.3 Å². The minimum atomic E-state index is -0.216. The number of hydrogen-bond donors (Lipinski definition) is 0. The lowest BCUT2D eigenvalue weighted by atomic mass is 10.1. The van der Waals surface area contributed by atoms with Gasteiger partial charge in [-0.2, -0.15) is 0 Å². The highest BCUT2D eigenvalue weighted by Gasteiger charge is 2.05. The lowest BCUT2D eigenvalue weighted by molar-refractivity contribution is -0.124. The van der Waals surface area contributed by atoms with E-state index in [2.05, 4.69) is 0 Å². The van der Waals surface area contributed by atoms with Crippen LogP contribution >= 0.6 is 0 Å². The van der Waals surface area contributed by atoms with E-state index >= 15 is 0 Å². The molecule has 0 saturated carbocycles. The van der Waals surface area contributed by atoms with Gasteiger partial charge in [0.15, 0.2) is 5.78 Å². The molecule has 0 fully saturated rings. The lowest BCUT2D eigenvalue weighted by Crippen LogP contribution is -2.24. The molecule has 1 aromatic carbocycles. The first-order valence-corrected chi connectivity index (χ1v) is 5.70. The maximum Gasteiger partial charge on any atom is 0.246 e. The Labute approximate surface area is 107 Å². The van der Waals surface area contributed by atoms with E-state index in [0.717, 1.165) is 0 Å². The molecule has 0 saturated heterocycles. The van der Waals surface area contributed by atoms with Crippen molar-refractivity contribution in [2.75, 3.05) is 20.7 Å². The van der Waals surface area contributed by atoms with Gasteiger partial charge >= 0.3 is 0 Å². The van der Waals surface area contributed by atoms with Crippen LogP contribution in [0.15, 0.2) is 36.4 Å². The average Bonchev–Trinajstić information content (AvgIpc) is 2.43. The zero-order valence-electron chi connectivity index (χ0n) is 10.8. The topological polar surface area (TPSA) is 46.6 Å². The molecule has 0 heterocycles. The molecular formula is C14H17NO3. The standard InChI is InChI=1S/C14H17NO3/c1-4-15(2)14(17)9-8-13(16)11-6-5-7-12(10-11)18-3/h5-10H,4H2,1-3H3/b9-8+. The number of rotatable bonds is 5. The third-order valence-electron chi connectivity index (χ3n) is 2.58. The third-order valence-corrected chi connectivity index (χ3v) is 2.58. The SMILES string of the molecule is CCN(C)C(=O)/C=C/C(=O)c1cccc(OC)c1. The van der Waals surface area contributed by atoms with E-state index in [1.807, 2.05) is 6.92 Å². The third kappa shape index (κ3) is 3.73. The Balaban J connectivity index is 2.76. The first kappa shape index (κ1) is 14.0. The normalized spacial score (nSPS) is 10.4.